The Bertz CT molecular complexity index is 669. The quantitative estimate of drug-likeness (QED) is 0.610. The Kier molecular flexibility index (Phi) is 7.28. The lowest BCUT2D eigenvalue weighted by molar-refractivity contribution is -0.204. The summed E-state index contributed by atoms with van der Waals surface area (Å²) in [4.78, 5) is 17.3. The second-order valence-electron chi connectivity index (χ2n) is 8.88. The first-order chi connectivity index (χ1) is 14.7. The first-order valence-electron chi connectivity index (χ1n) is 11.6. The summed E-state index contributed by atoms with van der Waals surface area (Å²) in [6, 6.07) is 10.1. The van der Waals surface area contributed by atoms with E-state index in [0.29, 0.717) is 25.4 Å². The first-order valence-corrected chi connectivity index (χ1v) is 11.6. The van der Waals surface area contributed by atoms with Gasteiger partial charge in [-0.3, -0.25) is 9.69 Å². The number of methoxy groups -OCH3 is 1. The highest BCUT2D eigenvalue weighted by molar-refractivity contribution is 5.77. The molecular weight excluding hydrogens is 380 g/mol. The number of para-hydroxylation sites is 1. The van der Waals surface area contributed by atoms with Gasteiger partial charge in [0.05, 0.1) is 19.3 Å². The fourth-order valence-corrected chi connectivity index (χ4v) is 5.55. The number of rotatable bonds is 8. The molecule has 6 nitrogen and oxygen atoms in total. The van der Waals surface area contributed by atoms with Crippen LogP contribution in [0.1, 0.15) is 44.9 Å². The minimum absolute atomic E-state index is 0.0917. The van der Waals surface area contributed by atoms with Crippen molar-refractivity contribution in [3.8, 4) is 5.75 Å². The lowest BCUT2D eigenvalue weighted by atomic mass is 9.69. The SMILES string of the molecule is COCCOC1CN(C2CCN(C(=O)COc3ccccc3)CC2)C12CCCCC2. The summed E-state index contributed by atoms with van der Waals surface area (Å²) >= 11 is 0. The molecule has 0 radical (unpaired) electrons. The standard InChI is InChI=1S/C24H36N2O4/c1-28-16-17-29-22-18-26(24(22)12-6-3-7-13-24)20-10-14-25(15-11-20)23(27)19-30-21-8-4-2-5-9-21/h2,4-5,8-9,20,22H,3,6-7,10-19H2,1H3. The van der Waals surface area contributed by atoms with Crippen LogP contribution in [0, 0.1) is 0 Å². The second kappa shape index (κ2) is 10.1. The summed E-state index contributed by atoms with van der Waals surface area (Å²) < 4.78 is 17.0. The molecule has 1 atom stereocenters. The molecule has 166 valence electrons. The Morgan fingerprint density at radius 1 is 1.07 bits per heavy atom. The minimum Gasteiger partial charge on any atom is -0.484 e. The molecule has 6 heteroatoms. The third-order valence-electron chi connectivity index (χ3n) is 7.22. The van der Waals surface area contributed by atoms with Crippen molar-refractivity contribution < 1.29 is 19.0 Å². The van der Waals surface area contributed by atoms with Gasteiger partial charge in [0.1, 0.15) is 5.75 Å². The van der Waals surface area contributed by atoms with Crippen molar-refractivity contribution >= 4 is 5.91 Å². The van der Waals surface area contributed by atoms with Gasteiger partial charge in [-0.2, -0.15) is 0 Å². The van der Waals surface area contributed by atoms with Crippen molar-refractivity contribution in [3.05, 3.63) is 30.3 Å². The fraction of sp³-hybridized carbons (Fsp3) is 0.708. The molecule has 30 heavy (non-hydrogen) atoms. The molecule has 0 bridgehead atoms. The topological polar surface area (TPSA) is 51.2 Å². The predicted octanol–water partition coefficient (Wildman–Crippen LogP) is 3.11. The summed E-state index contributed by atoms with van der Waals surface area (Å²) in [6.07, 6.45) is 8.86. The van der Waals surface area contributed by atoms with Crippen LogP contribution in [-0.2, 0) is 14.3 Å². The van der Waals surface area contributed by atoms with Crippen LogP contribution in [0.3, 0.4) is 0 Å². The van der Waals surface area contributed by atoms with Gasteiger partial charge in [-0.1, -0.05) is 37.5 Å². The molecule has 1 amide bonds. The van der Waals surface area contributed by atoms with Gasteiger partial charge < -0.3 is 19.1 Å². The van der Waals surface area contributed by atoms with E-state index in [-0.39, 0.29) is 18.1 Å². The molecule has 3 aliphatic rings. The largest absolute Gasteiger partial charge is 0.484 e. The molecular formula is C24H36N2O4. The molecule has 0 N–H and O–H groups in total. The van der Waals surface area contributed by atoms with E-state index in [0.717, 1.165) is 38.2 Å². The smallest absolute Gasteiger partial charge is 0.260 e. The number of hydrogen-bond acceptors (Lipinski definition) is 5. The monoisotopic (exact) mass is 416 g/mol. The van der Waals surface area contributed by atoms with E-state index < -0.39 is 0 Å². The molecule has 3 fully saturated rings. The maximum absolute atomic E-state index is 12.6. The molecule has 4 rings (SSSR count). The van der Waals surface area contributed by atoms with Crippen molar-refractivity contribution in [1.29, 1.82) is 0 Å². The zero-order chi connectivity index (χ0) is 20.8. The van der Waals surface area contributed by atoms with E-state index in [2.05, 4.69) is 4.90 Å². The van der Waals surface area contributed by atoms with Gasteiger partial charge in [-0.05, 0) is 37.8 Å². The lowest BCUT2D eigenvalue weighted by Crippen LogP contribution is -2.75. The number of carbonyl (C=O) groups is 1. The van der Waals surface area contributed by atoms with Gasteiger partial charge in [0.2, 0.25) is 0 Å². The van der Waals surface area contributed by atoms with Gasteiger partial charge >= 0.3 is 0 Å². The van der Waals surface area contributed by atoms with Gasteiger partial charge in [0.25, 0.3) is 5.91 Å². The average Bonchev–Trinajstić information content (AvgIpc) is 2.81. The Labute approximate surface area is 180 Å². The normalized spacial score (nSPS) is 24.6. The van der Waals surface area contributed by atoms with Crippen LogP contribution in [0.25, 0.3) is 0 Å². The van der Waals surface area contributed by atoms with Crippen molar-refractivity contribution in [2.75, 3.05) is 46.6 Å². The number of ether oxygens (including phenoxy) is 3. The van der Waals surface area contributed by atoms with E-state index >= 15 is 0 Å². The predicted molar refractivity (Wildman–Crippen MR) is 116 cm³/mol. The fourth-order valence-electron chi connectivity index (χ4n) is 5.55. The highest BCUT2D eigenvalue weighted by Crippen LogP contribution is 2.47. The molecule has 1 aromatic carbocycles. The molecule has 1 spiro atoms. The van der Waals surface area contributed by atoms with E-state index in [1.165, 1.54) is 32.1 Å². The van der Waals surface area contributed by atoms with Crippen LogP contribution < -0.4 is 4.74 Å². The maximum atomic E-state index is 12.6. The Balaban J connectivity index is 1.27. The summed E-state index contributed by atoms with van der Waals surface area (Å²) in [6.45, 7) is 4.15. The van der Waals surface area contributed by atoms with E-state index in [4.69, 9.17) is 14.2 Å². The minimum atomic E-state index is 0.0917. The highest BCUT2D eigenvalue weighted by Gasteiger charge is 2.56. The van der Waals surface area contributed by atoms with Gasteiger partial charge in [0.15, 0.2) is 6.61 Å². The molecule has 2 heterocycles. The van der Waals surface area contributed by atoms with E-state index in [1.54, 1.807) is 7.11 Å². The van der Waals surface area contributed by atoms with Crippen molar-refractivity contribution in [2.24, 2.45) is 0 Å². The van der Waals surface area contributed by atoms with Gasteiger partial charge in [-0.25, -0.2) is 0 Å². The lowest BCUT2D eigenvalue weighted by Gasteiger charge is -2.63. The number of carbonyl (C=O) groups excluding carboxylic acids is 1. The first kappa shape index (κ1) is 21.6. The molecule has 1 saturated carbocycles. The number of amides is 1. The number of likely N-dealkylation sites (tertiary alicyclic amines) is 2. The second-order valence-corrected chi connectivity index (χ2v) is 8.88. The molecule has 1 unspecified atom stereocenters. The summed E-state index contributed by atoms with van der Waals surface area (Å²) in [5, 5.41) is 0. The van der Waals surface area contributed by atoms with E-state index in [9.17, 15) is 4.79 Å². The average molecular weight is 417 g/mol. The highest BCUT2D eigenvalue weighted by atomic mass is 16.5. The molecule has 0 aromatic heterocycles. The van der Waals surface area contributed by atoms with Crippen molar-refractivity contribution in [2.45, 2.75) is 62.6 Å². The summed E-state index contributed by atoms with van der Waals surface area (Å²) in [5.41, 5.74) is 0.221. The summed E-state index contributed by atoms with van der Waals surface area (Å²) in [5.74, 6) is 0.842. The molecule has 1 aromatic rings. The van der Waals surface area contributed by atoms with Crippen LogP contribution >= 0.6 is 0 Å². The number of benzene rings is 1. The Morgan fingerprint density at radius 3 is 2.50 bits per heavy atom. The van der Waals surface area contributed by atoms with E-state index in [1.807, 2.05) is 35.2 Å². The zero-order valence-electron chi connectivity index (χ0n) is 18.3. The zero-order valence-corrected chi connectivity index (χ0v) is 18.3. The van der Waals surface area contributed by atoms with Crippen LogP contribution in [0.5, 0.6) is 5.75 Å². The van der Waals surface area contributed by atoms with Crippen molar-refractivity contribution in [1.82, 2.24) is 9.80 Å². The Hall–Kier alpha value is -1.63. The maximum Gasteiger partial charge on any atom is 0.260 e. The van der Waals surface area contributed by atoms with Crippen molar-refractivity contribution in [3.63, 3.8) is 0 Å². The number of nitrogens with zero attached hydrogens (tertiary/aromatic N) is 2. The number of piperidine rings is 1. The van der Waals surface area contributed by atoms with Gasteiger partial charge in [0, 0.05) is 38.3 Å². The summed E-state index contributed by atoms with van der Waals surface area (Å²) in [7, 11) is 1.73. The third-order valence-corrected chi connectivity index (χ3v) is 7.22. The van der Waals surface area contributed by atoms with Crippen LogP contribution in [0.2, 0.25) is 0 Å². The third kappa shape index (κ3) is 4.66. The molecule has 1 aliphatic carbocycles. The van der Waals surface area contributed by atoms with Crippen LogP contribution in [0.4, 0.5) is 0 Å². The van der Waals surface area contributed by atoms with Crippen LogP contribution in [0.15, 0.2) is 30.3 Å². The van der Waals surface area contributed by atoms with Gasteiger partial charge in [-0.15, -0.1) is 0 Å². The Morgan fingerprint density at radius 2 is 1.80 bits per heavy atom. The van der Waals surface area contributed by atoms with Crippen LogP contribution in [-0.4, -0.2) is 80.0 Å². The molecule has 2 saturated heterocycles. The molecule has 2 aliphatic heterocycles. The number of hydrogen-bond donors (Lipinski definition) is 0.